The molecule has 1 heterocycles. The van der Waals surface area contributed by atoms with E-state index in [-0.39, 0.29) is 23.9 Å². The van der Waals surface area contributed by atoms with Gasteiger partial charge in [-0.1, -0.05) is 0 Å². The maximum absolute atomic E-state index is 12.3. The van der Waals surface area contributed by atoms with E-state index in [1.807, 2.05) is 0 Å². The molecule has 0 aromatic heterocycles. The molecule has 0 unspecified atom stereocenters. The zero-order valence-electron chi connectivity index (χ0n) is 14.6. The number of carbonyl (C=O) groups excluding carboxylic acids is 3. The van der Waals surface area contributed by atoms with Crippen LogP contribution in [0.25, 0.3) is 0 Å². The van der Waals surface area contributed by atoms with Crippen LogP contribution in [0.4, 0.5) is 10.5 Å². The monoisotopic (exact) mass is 348 g/mol. The van der Waals surface area contributed by atoms with Crippen molar-refractivity contribution >= 4 is 23.7 Å². The van der Waals surface area contributed by atoms with Crippen LogP contribution in [0.15, 0.2) is 24.3 Å². The first-order chi connectivity index (χ1) is 12.0. The summed E-state index contributed by atoms with van der Waals surface area (Å²) in [6.45, 7) is 5.25. The molecule has 0 saturated carbocycles. The smallest absolute Gasteiger partial charge is 0.338 e. The summed E-state index contributed by atoms with van der Waals surface area (Å²) in [5.41, 5.74) is 1.04. The van der Waals surface area contributed by atoms with Gasteiger partial charge in [0, 0.05) is 18.8 Å². The van der Waals surface area contributed by atoms with Crippen molar-refractivity contribution in [3.05, 3.63) is 29.8 Å². The number of benzene rings is 1. The molecule has 0 atom stereocenters. The van der Waals surface area contributed by atoms with Gasteiger partial charge in [-0.05, 0) is 51.0 Å². The Bertz CT molecular complexity index is 606. The fourth-order valence-electron chi connectivity index (χ4n) is 2.68. The number of urea groups is 1. The number of nitrogens with one attached hydrogen (secondary N) is 1. The van der Waals surface area contributed by atoms with Crippen LogP contribution in [-0.4, -0.2) is 49.2 Å². The second-order valence-corrected chi connectivity index (χ2v) is 5.74. The van der Waals surface area contributed by atoms with Crippen LogP contribution in [0, 0.1) is 5.92 Å². The fraction of sp³-hybridized carbons (Fsp3) is 0.500. The minimum absolute atomic E-state index is 0.132. The van der Waals surface area contributed by atoms with E-state index in [0.717, 1.165) is 0 Å². The van der Waals surface area contributed by atoms with E-state index in [1.165, 1.54) is 0 Å². The van der Waals surface area contributed by atoms with Crippen LogP contribution >= 0.6 is 0 Å². The highest BCUT2D eigenvalue weighted by atomic mass is 16.5. The quantitative estimate of drug-likeness (QED) is 0.827. The third kappa shape index (κ3) is 5.20. The van der Waals surface area contributed by atoms with E-state index in [1.54, 1.807) is 43.0 Å². The number of hydrogen-bond donors (Lipinski definition) is 1. The lowest BCUT2D eigenvalue weighted by atomic mass is 9.97. The second-order valence-electron chi connectivity index (χ2n) is 5.74. The molecular weight excluding hydrogens is 324 g/mol. The summed E-state index contributed by atoms with van der Waals surface area (Å²) in [5, 5.41) is 2.80. The fourth-order valence-corrected chi connectivity index (χ4v) is 2.68. The van der Waals surface area contributed by atoms with Gasteiger partial charge in [0.15, 0.2) is 0 Å². The van der Waals surface area contributed by atoms with Crippen molar-refractivity contribution in [2.24, 2.45) is 5.92 Å². The summed E-state index contributed by atoms with van der Waals surface area (Å²) in [5.74, 6) is -0.702. The van der Waals surface area contributed by atoms with Gasteiger partial charge >= 0.3 is 18.0 Å². The Balaban J connectivity index is 1.84. The van der Waals surface area contributed by atoms with E-state index >= 15 is 0 Å². The molecule has 2 amide bonds. The molecule has 0 bridgehead atoms. The average molecular weight is 348 g/mol. The lowest BCUT2D eigenvalue weighted by Crippen LogP contribution is -2.42. The SMILES string of the molecule is CCOC(=O)c1ccc(NC(=O)N2CCC(C(=O)OCC)CC2)cc1. The van der Waals surface area contributed by atoms with Gasteiger partial charge in [0.1, 0.15) is 0 Å². The van der Waals surface area contributed by atoms with Crippen LogP contribution in [0.3, 0.4) is 0 Å². The van der Waals surface area contributed by atoms with Gasteiger partial charge < -0.3 is 19.7 Å². The average Bonchev–Trinajstić information content (AvgIpc) is 2.63. The molecule has 1 saturated heterocycles. The number of rotatable bonds is 5. The first kappa shape index (κ1) is 18.8. The Kier molecular flexibility index (Phi) is 6.80. The molecule has 1 aliphatic heterocycles. The Morgan fingerprint density at radius 1 is 1.04 bits per heavy atom. The predicted octanol–water partition coefficient (Wildman–Crippen LogP) is 2.67. The van der Waals surface area contributed by atoms with Gasteiger partial charge in [0.25, 0.3) is 0 Å². The van der Waals surface area contributed by atoms with Crippen LogP contribution in [0.2, 0.25) is 0 Å². The number of ether oxygens (including phenoxy) is 2. The second kappa shape index (κ2) is 9.05. The number of piperidine rings is 1. The predicted molar refractivity (Wildman–Crippen MR) is 92.3 cm³/mol. The lowest BCUT2D eigenvalue weighted by molar-refractivity contribution is -0.149. The molecular formula is C18H24N2O5. The van der Waals surface area contributed by atoms with Crippen LogP contribution in [-0.2, 0) is 14.3 Å². The van der Waals surface area contributed by atoms with E-state index < -0.39 is 0 Å². The standard InChI is InChI=1S/C18H24N2O5/c1-3-24-16(21)13-5-7-15(8-6-13)19-18(23)20-11-9-14(10-12-20)17(22)25-4-2/h5-8,14H,3-4,9-12H2,1-2H3,(H,19,23). The van der Waals surface area contributed by atoms with Crippen molar-refractivity contribution in [2.75, 3.05) is 31.6 Å². The molecule has 2 rings (SSSR count). The number of esters is 2. The molecule has 1 aromatic carbocycles. The van der Waals surface area contributed by atoms with Gasteiger partial charge in [0.05, 0.1) is 24.7 Å². The number of anilines is 1. The number of hydrogen-bond acceptors (Lipinski definition) is 5. The molecule has 0 spiro atoms. The highest BCUT2D eigenvalue weighted by Crippen LogP contribution is 2.20. The van der Waals surface area contributed by atoms with E-state index in [0.29, 0.717) is 50.4 Å². The van der Waals surface area contributed by atoms with Crippen LogP contribution in [0.1, 0.15) is 37.0 Å². The van der Waals surface area contributed by atoms with E-state index in [2.05, 4.69) is 5.32 Å². The van der Waals surface area contributed by atoms with Gasteiger partial charge in [-0.3, -0.25) is 4.79 Å². The van der Waals surface area contributed by atoms with Crippen LogP contribution in [0.5, 0.6) is 0 Å². The topological polar surface area (TPSA) is 84.9 Å². The summed E-state index contributed by atoms with van der Waals surface area (Å²) in [6.07, 6.45) is 1.21. The Morgan fingerprint density at radius 2 is 1.64 bits per heavy atom. The number of carbonyl (C=O) groups is 3. The summed E-state index contributed by atoms with van der Waals surface area (Å²) in [6, 6.07) is 6.33. The molecule has 1 N–H and O–H groups in total. The van der Waals surface area contributed by atoms with Gasteiger partial charge in [-0.25, -0.2) is 9.59 Å². The molecule has 7 heteroatoms. The minimum Gasteiger partial charge on any atom is -0.466 e. The molecule has 0 aliphatic carbocycles. The summed E-state index contributed by atoms with van der Waals surface area (Å²) in [7, 11) is 0. The lowest BCUT2D eigenvalue weighted by Gasteiger charge is -2.30. The molecule has 25 heavy (non-hydrogen) atoms. The van der Waals surface area contributed by atoms with Crippen molar-refractivity contribution in [3.8, 4) is 0 Å². The normalized spacial score (nSPS) is 14.7. The van der Waals surface area contributed by atoms with Crippen molar-refractivity contribution < 1.29 is 23.9 Å². The highest BCUT2D eigenvalue weighted by Gasteiger charge is 2.28. The van der Waals surface area contributed by atoms with Crippen molar-refractivity contribution in [2.45, 2.75) is 26.7 Å². The summed E-state index contributed by atoms with van der Waals surface area (Å²) >= 11 is 0. The Hall–Kier alpha value is -2.57. The van der Waals surface area contributed by atoms with Crippen LogP contribution < -0.4 is 5.32 Å². The summed E-state index contributed by atoms with van der Waals surface area (Å²) in [4.78, 5) is 37.3. The maximum atomic E-state index is 12.3. The highest BCUT2D eigenvalue weighted by molar-refractivity contribution is 5.92. The zero-order chi connectivity index (χ0) is 18.2. The maximum Gasteiger partial charge on any atom is 0.338 e. The van der Waals surface area contributed by atoms with Gasteiger partial charge in [-0.15, -0.1) is 0 Å². The zero-order valence-corrected chi connectivity index (χ0v) is 14.6. The van der Waals surface area contributed by atoms with E-state index in [9.17, 15) is 14.4 Å². The van der Waals surface area contributed by atoms with E-state index in [4.69, 9.17) is 9.47 Å². The Morgan fingerprint density at radius 3 is 2.20 bits per heavy atom. The number of amides is 2. The summed E-state index contributed by atoms with van der Waals surface area (Å²) < 4.78 is 9.94. The molecule has 1 fully saturated rings. The largest absolute Gasteiger partial charge is 0.466 e. The number of likely N-dealkylation sites (tertiary alicyclic amines) is 1. The third-order valence-corrected chi connectivity index (χ3v) is 4.05. The Labute approximate surface area is 147 Å². The third-order valence-electron chi connectivity index (χ3n) is 4.05. The molecule has 136 valence electrons. The van der Waals surface area contributed by atoms with Gasteiger partial charge in [0.2, 0.25) is 0 Å². The van der Waals surface area contributed by atoms with Crippen molar-refractivity contribution in [3.63, 3.8) is 0 Å². The first-order valence-electron chi connectivity index (χ1n) is 8.54. The first-order valence-corrected chi connectivity index (χ1v) is 8.54. The number of nitrogens with zero attached hydrogens (tertiary/aromatic N) is 1. The van der Waals surface area contributed by atoms with Crippen molar-refractivity contribution in [1.29, 1.82) is 0 Å². The molecule has 0 radical (unpaired) electrons. The minimum atomic E-state index is -0.388. The molecule has 1 aliphatic rings. The van der Waals surface area contributed by atoms with Gasteiger partial charge in [-0.2, -0.15) is 0 Å². The van der Waals surface area contributed by atoms with Crippen molar-refractivity contribution in [1.82, 2.24) is 4.90 Å². The molecule has 1 aromatic rings. The molecule has 7 nitrogen and oxygen atoms in total.